The number of nitrogens with two attached hydrogens (primary N) is 1. The zero-order valence-corrected chi connectivity index (χ0v) is 11.6. The van der Waals surface area contributed by atoms with Crippen molar-refractivity contribution in [2.75, 3.05) is 6.61 Å². The fraction of sp³-hybridized carbons (Fsp3) is 0.417. The lowest BCUT2D eigenvalue weighted by Gasteiger charge is -2.25. The number of esters is 1. The van der Waals surface area contributed by atoms with Crippen LogP contribution in [-0.4, -0.2) is 12.6 Å². The Labute approximate surface area is 115 Å². The third-order valence-corrected chi connectivity index (χ3v) is 3.04. The molecule has 3 nitrogen and oxygen atoms in total. The van der Waals surface area contributed by atoms with Gasteiger partial charge in [-0.15, -0.1) is 0 Å². The van der Waals surface area contributed by atoms with Gasteiger partial charge in [-0.05, 0) is 31.5 Å². The molecule has 6 heteroatoms. The maximum Gasteiger partial charge on any atom is 0.307 e. The molecule has 0 bridgehead atoms. The van der Waals surface area contributed by atoms with E-state index in [4.69, 9.17) is 33.7 Å². The summed E-state index contributed by atoms with van der Waals surface area (Å²) in [5, 5.41) is 0.131. The molecule has 0 heterocycles. The number of carbonyl (C=O) groups is 1. The molecular formula is C12H14Cl2FNO2. The molecular weight excluding hydrogens is 280 g/mol. The van der Waals surface area contributed by atoms with Crippen molar-refractivity contribution in [3.63, 3.8) is 0 Å². The van der Waals surface area contributed by atoms with Gasteiger partial charge in [-0.1, -0.05) is 23.2 Å². The second-order valence-corrected chi connectivity index (χ2v) is 4.96. The normalized spacial score (nSPS) is 14.1. The molecule has 0 fully saturated rings. The van der Waals surface area contributed by atoms with Crippen molar-refractivity contribution in [1.29, 1.82) is 0 Å². The monoisotopic (exact) mass is 293 g/mol. The second kappa shape index (κ2) is 5.87. The van der Waals surface area contributed by atoms with Gasteiger partial charge in [-0.3, -0.25) is 4.79 Å². The van der Waals surface area contributed by atoms with Crippen LogP contribution >= 0.6 is 23.2 Å². The van der Waals surface area contributed by atoms with E-state index < -0.39 is 17.3 Å². The van der Waals surface area contributed by atoms with Crippen molar-refractivity contribution < 1.29 is 13.9 Å². The molecule has 1 unspecified atom stereocenters. The van der Waals surface area contributed by atoms with Crippen molar-refractivity contribution in [1.82, 2.24) is 0 Å². The molecule has 0 aromatic heterocycles. The first-order valence-corrected chi connectivity index (χ1v) is 6.13. The minimum atomic E-state index is -1.12. The molecule has 100 valence electrons. The first kappa shape index (κ1) is 15.2. The van der Waals surface area contributed by atoms with Crippen LogP contribution in [0.4, 0.5) is 4.39 Å². The molecule has 1 atom stereocenters. The molecule has 0 radical (unpaired) electrons. The number of hydrogen-bond acceptors (Lipinski definition) is 3. The van der Waals surface area contributed by atoms with Gasteiger partial charge in [0.25, 0.3) is 0 Å². The zero-order chi connectivity index (χ0) is 13.9. The first-order chi connectivity index (χ1) is 8.27. The van der Waals surface area contributed by atoms with E-state index >= 15 is 0 Å². The first-order valence-electron chi connectivity index (χ1n) is 5.37. The topological polar surface area (TPSA) is 52.3 Å². The van der Waals surface area contributed by atoms with Crippen molar-refractivity contribution in [3.8, 4) is 0 Å². The highest BCUT2D eigenvalue weighted by Gasteiger charge is 2.29. The summed E-state index contributed by atoms with van der Waals surface area (Å²) in [4.78, 5) is 11.4. The van der Waals surface area contributed by atoms with Crippen LogP contribution < -0.4 is 5.73 Å². The number of carbonyl (C=O) groups excluding carboxylic acids is 1. The van der Waals surface area contributed by atoms with Crippen molar-refractivity contribution >= 4 is 29.2 Å². The summed E-state index contributed by atoms with van der Waals surface area (Å²) < 4.78 is 18.2. The molecule has 2 N–H and O–H groups in total. The van der Waals surface area contributed by atoms with Gasteiger partial charge in [0.1, 0.15) is 5.82 Å². The van der Waals surface area contributed by atoms with Gasteiger partial charge in [0.2, 0.25) is 0 Å². The van der Waals surface area contributed by atoms with Crippen LogP contribution in [0.3, 0.4) is 0 Å². The Kier molecular flexibility index (Phi) is 4.96. The molecule has 0 saturated carbocycles. The lowest BCUT2D eigenvalue weighted by Crippen LogP contribution is -2.36. The van der Waals surface area contributed by atoms with E-state index in [9.17, 15) is 9.18 Å². The van der Waals surface area contributed by atoms with Crippen LogP contribution in [0.1, 0.15) is 25.8 Å². The van der Waals surface area contributed by atoms with Gasteiger partial charge in [-0.2, -0.15) is 0 Å². The molecule has 18 heavy (non-hydrogen) atoms. The zero-order valence-electron chi connectivity index (χ0n) is 10.1. The average Bonchev–Trinajstić information content (AvgIpc) is 2.22. The summed E-state index contributed by atoms with van der Waals surface area (Å²) in [6.07, 6.45) is -0.0956. The summed E-state index contributed by atoms with van der Waals surface area (Å²) in [6, 6.07) is 2.41. The minimum Gasteiger partial charge on any atom is -0.466 e. The Bertz CT molecular complexity index is 464. The maximum absolute atomic E-state index is 13.4. The van der Waals surface area contributed by atoms with Gasteiger partial charge in [0.15, 0.2) is 0 Å². The fourth-order valence-corrected chi connectivity index (χ4v) is 2.17. The third kappa shape index (κ3) is 3.57. The highest BCUT2D eigenvalue weighted by molar-refractivity contribution is 6.35. The number of ether oxygens (including phenoxy) is 1. The van der Waals surface area contributed by atoms with E-state index in [0.717, 1.165) is 6.07 Å². The Balaban J connectivity index is 3.04. The van der Waals surface area contributed by atoms with Crippen LogP contribution in [0.2, 0.25) is 10.0 Å². The maximum atomic E-state index is 13.4. The molecule has 0 amide bonds. The number of hydrogen-bond donors (Lipinski definition) is 1. The lowest BCUT2D eigenvalue weighted by molar-refractivity contribution is -0.144. The summed E-state index contributed by atoms with van der Waals surface area (Å²) in [7, 11) is 0. The summed E-state index contributed by atoms with van der Waals surface area (Å²) in [5.74, 6) is -1.09. The summed E-state index contributed by atoms with van der Waals surface area (Å²) in [5.41, 5.74) is 5.20. The molecule has 1 aromatic carbocycles. The van der Waals surface area contributed by atoms with Crippen LogP contribution in [0.15, 0.2) is 12.1 Å². The lowest BCUT2D eigenvalue weighted by atomic mass is 9.89. The quantitative estimate of drug-likeness (QED) is 0.685. The smallest absolute Gasteiger partial charge is 0.307 e. The highest BCUT2D eigenvalue weighted by Crippen LogP contribution is 2.32. The second-order valence-electron chi connectivity index (χ2n) is 4.15. The Morgan fingerprint density at radius 2 is 2.06 bits per heavy atom. The third-order valence-electron chi connectivity index (χ3n) is 2.44. The molecule has 1 rings (SSSR count). The van der Waals surface area contributed by atoms with Crippen LogP contribution in [0.5, 0.6) is 0 Å². The van der Waals surface area contributed by atoms with Crippen LogP contribution in [0, 0.1) is 5.82 Å². The minimum absolute atomic E-state index is 0.0873. The molecule has 0 spiro atoms. The Hall–Kier alpha value is -0.840. The van der Waals surface area contributed by atoms with E-state index in [1.165, 1.54) is 6.07 Å². The number of halogens is 3. The number of rotatable bonds is 4. The fourth-order valence-electron chi connectivity index (χ4n) is 1.57. The van der Waals surface area contributed by atoms with E-state index in [0.29, 0.717) is 5.56 Å². The molecule has 0 aliphatic rings. The predicted octanol–water partition coefficient (Wildman–Crippen LogP) is 3.26. The molecule has 0 aliphatic heterocycles. The summed E-state index contributed by atoms with van der Waals surface area (Å²) in [6.45, 7) is 3.54. The highest BCUT2D eigenvalue weighted by atomic mass is 35.5. The average molecular weight is 294 g/mol. The van der Waals surface area contributed by atoms with E-state index in [2.05, 4.69) is 0 Å². The van der Waals surface area contributed by atoms with Crippen molar-refractivity contribution in [2.24, 2.45) is 5.73 Å². The molecule has 0 aliphatic carbocycles. The van der Waals surface area contributed by atoms with E-state index in [1.54, 1.807) is 13.8 Å². The largest absolute Gasteiger partial charge is 0.466 e. The Morgan fingerprint density at radius 3 is 2.61 bits per heavy atom. The standard InChI is InChI=1S/C12H14Cl2FNO2/c1-3-18-11(17)6-12(2,16)7-4-10(15)9(14)5-8(7)13/h4-5H,3,6,16H2,1-2H3. The number of benzene rings is 1. The Morgan fingerprint density at radius 1 is 1.44 bits per heavy atom. The van der Waals surface area contributed by atoms with Crippen molar-refractivity contribution in [2.45, 2.75) is 25.8 Å². The van der Waals surface area contributed by atoms with E-state index in [-0.39, 0.29) is 23.1 Å². The predicted molar refractivity (Wildman–Crippen MR) is 69.2 cm³/mol. The van der Waals surface area contributed by atoms with Gasteiger partial charge in [0.05, 0.1) is 23.6 Å². The van der Waals surface area contributed by atoms with Gasteiger partial charge < -0.3 is 10.5 Å². The van der Waals surface area contributed by atoms with Gasteiger partial charge >= 0.3 is 5.97 Å². The molecule has 0 saturated heterocycles. The van der Waals surface area contributed by atoms with Crippen LogP contribution in [0.25, 0.3) is 0 Å². The SMILES string of the molecule is CCOC(=O)CC(C)(N)c1cc(F)c(Cl)cc1Cl. The molecule has 1 aromatic rings. The van der Waals surface area contributed by atoms with Crippen molar-refractivity contribution in [3.05, 3.63) is 33.6 Å². The van der Waals surface area contributed by atoms with E-state index in [1.807, 2.05) is 0 Å². The van der Waals surface area contributed by atoms with Gasteiger partial charge in [-0.25, -0.2) is 4.39 Å². The van der Waals surface area contributed by atoms with Gasteiger partial charge in [0, 0.05) is 5.02 Å². The summed E-state index contributed by atoms with van der Waals surface area (Å²) >= 11 is 11.6. The van der Waals surface area contributed by atoms with Crippen LogP contribution in [-0.2, 0) is 15.1 Å².